The molecule has 0 amide bonds. The standard InChI is InChI=1S/C49H31N3O/c1-3-10-32(11-4-1)33-20-24-37(25-21-33)48-50-47(36-12-5-2-6-13-36)51-49(52-48)38-26-22-34(23-27-38)39-16-7-17-40(30-39)41-28-29-44-43(31-41)42-18-8-14-35-15-9-19-45(53-44)46(35)42/h1-31H. The van der Waals surface area contributed by atoms with Gasteiger partial charge in [0.15, 0.2) is 17.5 Å². The Hall–Kier alpha value is -7.17. The van der Waals surface area contributed by atoms with Gasteiger partial charge in [0.2, 0.25) is 0 Å². The lowest BCUT2D eigenvalue weighted by atomic mass is 9.91. The fourth-order valence-corrected chi connectivity index (χ4v) is 7.23. The summed E-state index contributed by atoms with van der Waals surface area (Å²) in [6.45, 7) is 0. The zero-order valence-corrected chi connectivity index (χ0v) is 28.6. The average molecular weight is 678 g/mol. The van der Waals surface area contributed by atoms with Gasteiger partial charge in [-0.05, 0) is 68.6 Å². The maximum Gasteiger partial charge on any atom is 0.164 e. The molecule has 1 aromatic heterocycles. The summed E-state index contributed by atoms with van der Waals surface area (Å²) in [5.41, 5.74) is 12.0. The Bertz CT molecular complexity index is 2770. The number of benzene rings is 8. The van der Waals surface area contributed by atoms with Crippen molar-refractivity contribution in [2.75, 3.05) is 0 Å². The van der Waals surface area contributed by atoms with Gasteiger partial charge in [-0.15, -0.1) is 0 Å². The maximum absolute atomic E-state index is 6.35. The summed E-state index contributed by atoms with van der Waals surface area (Å²) in [5, 5.41) is 2.35. The summed E-state index contributed by atoms with van der Waals surface area (Å²) in [7, 11) is 0. The molecule has 2 heterocycles. The summed E-state index contributed by atoms with van der Waals surface area (Å²) in [5.74, 6) is 3.71. The van der Waals surface area contributed by atoms with E-state index >= 15 is 0 Å². The molecule has 8 aromatic carbocycles. The number of nitrogens with zero attached hydrogens (tertiary/aromatic N) is 3. The second-order valence-electron chi connectivity index (χ2n) is 13.2. The van der Waals surface area contributed by atoms with Gasteiger partial charge in [-0.2, -0.15) is 0 Å². The van der Waals surface area contributed by atoms with Crippen molar-refractivity contribution >= 4 is 10.8 Å². The van der Waals surface area contributed by atoms with E-state index in [0.717, 1.165) is 67.0 Å². The van der Waals surface area contributed by atoms with Crippen LogP contribution in [0.1, 0.15) is 0 Å². The highest BCUT2D eigenvalue weighted by Gasteiger charge is 2.20. The molecule has 0 atom stereocenters. The quantitative estimate of drug-likeness (QED) is 0.176. The van der Waals surface area contributed by atoms with Gasteiger partial charge in [0.25, 0.3) is 0 Å². The second-order valence-corrected chi connectivity index (χ2v) is 13.2. The lowest BCUT2D eigenvalue weighted by Gasteiger charge is -2.22. The Balaban J connectivity index is 0.978. The molecule has 0 aliphatic carbocycles. The van der Waals surface area contributed by atoms with Gasteiger partial charge in [0.05, 0.1) is 0 Å². The van der Waals surface area contributed by atoms with Crippen molar-refractivity contribution in [1.29, 1.82) is 0 Å². The van der Waals surface area contributed by atoms with Crippen molar-refractivity contribution < 1.29 is 4.74 Å². The lowest BCUT2D eigenvalue weighted by molar-refractivity contribution is 0.487. The first-order valence-electron chi connectivity index (χ1n) is 17.8. The van der Waals surface area contributed by atoms with Crippen LogP contribution in [-0.2, 0) is 0 Å². The highest BCUT2D eigenvalue weighted by molar-refractivity contribution is 6.04. The van der Waals surface area contributed by atoms with Crippen LogP contribution in [0.2, 0.25) is 0 Å². The van der Waals surface area contributed by atoms with E-state index in [9.17, 15) is 0 Å². The van der Waals surface area contributed by atoms with Gasteiger partial charge in [0, 0.05) is 27.6 Å². The number of hydrogen-bond donors (Lipinski definition) is 0. The van der Waals surface area contributed by atoms with Gasteiger partial charge in [-0.3, -0.25) is 0 Å². The molecular weight excluding hydrogens is 647 g/mol. The Morgan fingerprint density at radius 3 is 1.36 bits per heavy atom. The van der Waals surface area contributed by atoms with Crippen molar-refractivity contribution in [2.45, 2.75) is 0 Å². The zero-order chi connectivity index (χ0) is 35.1. The van der Waals surface area contributed by atoms with Crippen LogP contribution in [0.25, 0.3) is 89.4 Å². The first-order valence-corrected chi connectivity index (χ1v) is 17.8. The molecule has 0 radical (unpaired) electrons. The van der Waals surface area contributed by atoms with E-state index in [0.29, 0.717) is 17.5 Å². The molecule has 53 heavy (non-hydrogen) atoms. The highest BCUT2D eigenvalue weighted by atomic mass is 16.5. The molecule has 1 aliphatic heterocycles. The van der Waals surface area contributed by atoms with Crippen molar-refractivity contribution in [3.63, 3.8) is 0 Å². The van der Waals surface area contributed by atoms with Gasteiger partial charge in [-0.1, -0.05) is 164 Å². The predicted molar refractivity (Wildman–Crippen MR) is 215 cm³/mol. The topological polar surface area (TPSA) is 47.9 Å². The molecule has 0 N–H and O–H groups in total. The smallest absolute Gasteiger partial charge is 0.164 e. The van der Waals surface area contributed by atoms with Crippen LogP contribution in [0, 0.1) is 0 Å². The van der Waals surface area contributed by atoms with E-state index in [2.05, 4.69) is 140 Å². The van der Waals surface area contributed by atoms with Crippen molar-refractivity contribution in [3.8, 4) is 90.2 Å². The van der Waals surface area contributed by atoms with Crippen LogP contribution < -0.4 is 4.74 Å². The van der Waals surface area contributed by atoms with Crippen LogP contribution in [-0.4, -0.2) is 15.0 Å². The Morgan fingerprint density at radius 2 is 0.717 bits per heavy atom. The third kappa shape index (κ3) is 5.73. The molecule has 4 nitrogen and oxygen atoms in total. The third-order valence-electron chi connectivity index (χ3n) is 9.95. The Morgan fingerprint density at radius 1 is 0.283 bits per heavy atom. The van der Waals surface area contributed by atoms with E-state index in [4.69, 9.17) is 19.7 Å². The van der Waals surface area contributed by atoms with E-state index in [1.807, 2.05) is 48.5 Å². The molecular formula is C49H31N3O. The van der Waals surface area contributed by atoms with Crippen LogP contribution in [0.3, 0.4) is 0 Å². The Labute approximate surface area is 307 Å². The molecule has 0 fully saturated rings. The van der Waals surface area contributed by atoms with E-state index in [-0.39, 0.29) is 0 Å². The summed E-state index contributed by atoms with van der Waals surface area (Å²) >= 11 is 0. The fourth-order valence-electron chi connectivity index (χ4n) is 7.23. The normalized spacial score (nSPS) is 11.5. The largest absolute Gasteiger partial charge is 0.456 e. The predicted octanol–water partition coefficient (Wildman–Crippen LogP) is 12.8. The monoisotopic (exact) mass is 677 g/mol. The number of ether oxygens (including phenoxy) is 1. The first kappa shape index (κ1) is 30.6. The average Bonchev–Trinajstić information content (AvgIpc) is 3.24. The summed E-state index contributed by atoms with van der Waals surface area (Å²) in [6, 6.07) is 65.2. The van der Waals surface area contributed by atoms with E-state index in [1.54, 1.807) is 0 Å². The number of aromatic nitrogens is 3. The molecule has 248 valence electrons. The van der Waals surface area contributed by atoms with Crippen LogP contribution in [0.15, 0.2) is 188 Å². The summed E-state index contributed by atoms with van der Waals surface area (Å²) in [4.78, 5) is 14.9. The molecule has 9 aromatic rings. The molecule has 0 saturated heterocycles. The third-order valence-corrected chi connectivity index (χ3v) is 9.95. The van der Waals surface area contributed by atoms with Gasteiger partial charge < -0.3 is 4.74 Å². The van der Waals surface area contributed by atoms with E-state index in [1.165, 1.54) is 16.5 Å². The lowest BCUT2D eigenvalue weighted by Crippen LogP contribution is -2.00. The number of rotatable bonds is 6. The molecule has 1 aliphatic rings. The minimum Gasteiger partial charge on any atom is -0.456 e. The van der Waals surface area contributed by atoms with Crippen LogP contribution >= 0.6 is 0 Å². The second kappa shape index (κ2) is 12.9. The molecule has 4 heteroatoms. The fraction of sp³-hybridized carbons (Fsp3) is 0. The maximum atomic E-state index is 6.35. The summed E-state index contributed by atoms with van der Waals surface area (Å²) in [6.07, 6.45) is 0. The SMILES string of the molecule is c1ccc(-c2ccc(-c3nc(-c4ccccc4)nc(-c4ccc(-c5cccc(-c6ccc7c(c6)-c6cccc8cccc(c68)O7)c5)cc4)n3)cc2)cc1. The number of fused-ring (bicyclic) bond motifs is 2. The molecule has 0 saturated carbocycles. The van der Waals surface area contributed by atoms with Crippen molar-refractivity contribution in [1.82, 2.24) is 15.0 Å². The van der Waals surface area contributed by atoms with Crippen LogP contribution in [0.4, 0.5) is 0 Å². The van der Waals surface area contributed by atoms with Gasteiger partial charge in [-0.25, -0.2) is 15.0 Å². The molecule has 10 rings (SSSR count). The minimum absolute atomic E-state index is 0.633. The molecule has 0 spiro atoms. The highest BCUT2D eigenvalue weighted by Crippen LogP contribution is 2.47. The van der Waals surface area contributed by atoms with Gasteiger partial charge >= 0.3 is 0 Å². The van der Waals surface area contributed by atoms with E-state index < -0.39 is 0 Å². The van der Waals surface area contributed by atoms with Crippen molar-refractivity contribution in [3.05, 3.63) is 188 Å². The van der Waals surface area contributed by atoms with Crippen LogP contribution in [0.5, 0.6) is 11.5 Å². The first-order chi connectivity index (χ1) is 26.2. The number of hydrogen-bond acceptors (Lipinski definition) is 4. The Kier molecular flexibility index (Phi) is 7.43. The van der Waals surface area contributed by atoms with Crippen molar-refractivity contribution in [2.24, 2.45) is 0 Å². The molecule has 0 unspecified atom stereocenters. The molecule has 0 bridgehead atoms. The summed E-state index contributed by atoms with van der Waals surface area (Å²) < 4.78 is 6.35. The zero-order valence-electron chi connectivity index (χ0n) is 28.6. The minimum atomic E-state index is 0.633. The van der Waals surface area contributed by atoms with Gasteiger partial charge in [0.1, 0.15) is 11.5 Å².